The van der Waals surface area contributed by atoms with Gasteiger partial charge < -0.3 is 9.47 Å². The molecule has 1 aromatic carbocycles. The summed E-state index contributed by atoms with van der Waals surface area (Å²) in [5, 5.41) is 0. The van der Waals surface area contributed by atoms with Crippen molar-refractivity contribution in [2.45, 2.75) is 25.9 Å². The molecule has 1 rings (SSSR count). The molecule has 88 valence electrons. The van der Waals surface area contributed by atoms with Crippen molar-refractivity contribution >= 4 is 5.97 Å². The van der Waals surface area contributed by atoms with Crippen LogP contribution in [0.3, 0.4) is 0 Å². The van der Waals surface area contributed by atoms with Crippen LogP contribution < -0.4 is 0 Å². The van der Waals surface area contributed by atoms with Gasteiger partial charge in [-0.3, -0.25) is 0 Å². The second-order valence-corrected chi connectivity index (χ2v) is 3.63. The van der Waals surface area contributed by atoms with Crippen molar-refractivity contribution in [3.63, 3.8) is 0 Å². The summed E-state index contributed by atoms with van der Waals surface area (Å²) in [6, 6.07) is 10.2. The molecule has 0 aliphatic heterocycles. The first-order chi connectivity index (χ1) is 7.74. The monoisotopic (exact) mass is 222 g/mol. The highest BCUT2D eigenvalue weighted by Crippen LogP contribution is 2.03. The maximum Gasteiger partial charge on any atom is 0.334 e. The standard InChI is InChI=1S/C13H18O3/c1-11(13(14)15-2)16-10-6-9-12-7-4-3-5-8-12/h3-5,7-8,11H,6,9-10H2,1-2H3. The van der Waals surface area contributed by atoms with Crippen molar-refractivity contribution in [3.05, 3.63) is 35.9 Å². The Labute approximate surface area is 96.4 Å². The number of rotatable bonds is 6. The van der Waals surface area contributed by atoms with Crippen molar-refractivity contribution in [2.24, 2.45) is 0 Å². The quantitative estimate of drug-likeness (QED) is 0.546. The van der Waals surface area contributed by atoms with Gasteiger partial charge >= 0.3 is 5.97 Å². The molecule has 3 nitrogen and oxygen atoms in total. The molecule has 0 saturated heterocycles. The van der Waals surface area contributed by atoms with Crippen molar-refractivity contribution in [3.8, 4) is 0 Å². The summed E-state index contributed by atoms with van der Waals surface area (Å²) in [4.78, 5) is 11.0. The number of benzene rings is 1. The first kappa shape index (κ1) is 12.7. The van der Waals surface area contributed by atoms with Gasteiger partial charge in [0.1, 0.15) is 0 Å². The average molecular weight is 222 g/mol. The third-order valence-corrected chi connectivity index (χ3v) is 2.35. The first-order valence-corrected chi connectivity index (χ1v) is 5.47. The molecule has 0 N–H and O–H groups in total. The minimum atomic E-state index is -0.472. The molecule has 1 unspecified atom stereocenters. The lowest BCUT2D eigenvalue weighted by Gasteiger charge is -2.10. The lowest BCUT2D eigenvalue weighted by Crippen LogP contribution is -2.22. The van der Waals surface area contributed by atoms with Gasteiger partial charge in [-0.2, -0.15) is 0 Å². The zero-order valence-electron chi connectivity index (χ0n) is 9.81. The molecule has 0 aliphatic rings. The van der Waals surface area contributed by atoms with E-state index >= 15 is 0 Å². The maximum atomic E-state index is 11.0. The van der Waals surface area contributed by atoms with Gasteiger partial charge in [-0.05, 0) is 25.3 Å². The summed E-state index contributed by atoms with van der Waals surface area (Å²) in [6.07, 6.45) is 1.40. The molecule has 0 spiro atoms. The van der Waals surface area contributed by atoms with E-state index in [9.17, 15) is 4.79 Å². The van der Waals surface area contributed by atoms with E-state index in [2.05, 4.69) is 16.9 Å². The van der Waals surface area contributed by atoms with Crippen LogP contribution >= 0.6 is 0 Å². The molecule has 0 aliphatic carbocycles. The lowest BCUT2D eigenvalue weighted by atomic mass is 10.1. The molecule has 1 atom stereocenters. The summed E-state index contributed by atoms with van der Waals surface area (Å²) < 4.78 is 9.91. The van der Waals surface area contributed by atoms with Crippen LogP contribution in [0.2, 0.25) is 0 Å². The van der Waals surface area contributed by atoms with Crippen molar-refractivity contribution in [2.75, 3.05) is 13.7 Å². The highest BCUT2D eigenvalue weighted by atomic mass is 16.6. The molecular formula is C13H18O3. The molecule has 0 radical (unpaired) electrons. The van der Waals surface area contributed by atoms with Gasteiger partial charge in [0.25, 0.3) is 0 Å². The van der Waals surface area contributed by atoms with Gasteiger partial charge in [-0.1, -0.05) is 30.3 Å². The van der Waals surface area contributed by atoms with Crippen LogP contribution in [0, 0.1) is 0 Å². The topological polar surface area (TPSA) is 35.5 Å². The molecule has 0 heterocycles. The Morgan fingerprint density at radius 2 is 2.00 bits per heavy atom. The van der Waals surface area contributed by atoms with Crippen LogP contribution in [0.25, 0.3) is 0 Å². The third kappa shape index (κ3) is 4.45. The van der Waals surface area contributed by atoms with Crippen molar-refractivity contribution < 1.29 is 14.3 Å². The second kappa shape index (κ2) is 7.01. The number of hydrogen-bond donors (Lipinski definition) is 0. The SMILES string of the molecule is COC(=O)C(C)OCCCc1ccccc1. The van der Waals surface area contributed by atoms with E-state index < -0.39 is 6.10 Å². The fraction of sp³-hybridized carbons (Fsp3) is 0.462. The number of esters is 1. The third-order valence-electron chi connectivity index (χ3n) is 2.35. The van der Waals surface area contributed by atoms with Gasteiger partial charge in [0.15, 0.2) is 6.10 Å². The Balaban J connectivity index is 2.15. The van der Waals surface area contributed by atoms with Crippen LogP contribution in [0.5, 0.6) is 0 Å². The molecule has 0 bridgehead atoms. The average Bonchev–Trinajstić information content (AvgIpc) is 2.34. The molecule has 16 heavy (non-hydrogen) atoms. The Bertz CT molecular complexity index is 308. The van der Waals surface area contributed by atoms with Crippen molar-refractivity contribution in [1.29, 1.82) is 0 Å². The van der Waals surface area contributed by atoms with Gasteiger partial charge in [0.2, 0.25) is 0 Å². The molecule has 0 saturated carbocycles. The Morgan fingerprint density at radius 3 is 2.62 bits per heavy atom. The van der Waals surface area contributed by atoms with Crippen LogP contribution in [-0.2, 0) is 20.7 Å². The Kier molecular flexibility index (Phi) is 5.57. The van der Waals surface area contributed by atoms with Crippen molar-refractivity contribution in [1.82, 2.24) is 0 Å². The maximum absolute atomic E-state index is 11.0. The number of ether oxygens (including phenoxy) is 2. The zero-order valence-corrected chi connectivity index (χ0v) is 9.81. The van der Waals surface area contributed by atoms with E-state index in [1.807, 2.05) is 18.2 Å². The summed E-state index contributed by atoms with van der Waals surface area (Å²) in [7, 11) is 1.37. The Hall–Kier alpha value is -1.35. The minimum Gasteiger partial charge on any atom is -0.467 e. The van der Waals surface area contributed by atoms with Gasteiger partial charge in [0.05, 0.1) is 7.11 Å². The summed E-state index contributed by atoms with van der Waals surface area (Å²) in [5.74, 6) is -0.320. The van der Waals surface area contributed by atoms with E-state index in [-0.39, 0.29) is 5.97 Å². The number of hydrogen-bond acceptors (Lipinski definition) is 3. The van der Waals surface area contributed by atoms with E-state index in [1.54, 1.807) is 6.92 Å². The van der Waals surface area contributed by atoms with Gasteiger partial charge in [0, 0.05) is 6.61 Å². The van der Waals surface area contributed by atoms with E-state index in [0.717, 1.165) is 12.8 Å². The highest BCUT2D eigenvalue weighted by molar-refractivity contribution is 5.73. The molecular weight excluding hydrogens is 204 g/mol. The number of aryl methyl sites for hydroxylation is 1. The second-order valence-electron chi connectivity index (χ2n) is 3.63. The normalized spacial score (nSPS) is 12.1. The van der Waals surface area contributed by atoms with Crippen LogP contribution in [-0.4, -0.2) is 25.8 Å². The van der Waals surface area contributed by atoms with E-state index in [1.165, 1.54) is 12.7 Å². The highest BCUT2D eigenvalue weighted by Gasteiger charge is 2.12. The number of carbonyl (C=O) groups excluding carboxylic acids is 1. The molecule has 0 amide bonds. The largest absolute Gasteiger partial charge is 0.467 e. The minimum absolute atomic E-state index is 0.320. The van der Waals surface area contributed by atoms with Crippen LogP contribution in [0.15, 0.2) is 30.3 Å². The molecule has 3 heteroatoms. The van der Waals surface area contributed by atoms with E-state index in [0.29, 0.717) is 6.61 Å². The number of carbonyl (C=O) groups is 1. The Morgan fingerprint density at radius 1 is 1.31 bits per heavy atom. The summed E-state index contributed by atoms with van der Waals surface area (Å²) in [6.45, 7) is 2.28. The predicted octanol–water partition coefficient (Wildman–Crippen LogP) is 2.20. The summed E-state index contributed by atoms with van der Waals surface area (Å²) >= 11 is 0. The smallest absolute Gasteiger partial charge is 0.334 e. The fourth-order valence-electron chi connectivity index (χ4n) is 1.42. The van der Waals surface area contributed by atoms with Gasteiger partial charge in [-0.25, -0.2) is 4.79 Å². The predicted molar refractivity (Wildman–Crippen MR) is 62.2 cm³/mol. The first-order valence-electron chi connectivity index (χ1n) is 5.47. The van der Waals surface area contributed by atoms with E-state index in [4.69, 9.17) is 4.74 Å². The zero-order chi connectivity index (χ0) is 11.8. The van der Waals surface area contributed by atoms with Gasteiger partial charge in [-0.15, -0.1) is 0 Å². The molecule has 1 aromatic rings. The number of methoxy groups -OCH3 is 1. The van der Waals surface area contributed by atoms with Crippen LogP contribution in [0.1, 0.15) is 18.9 Å². The fourth-order valence-corrected chi connectivity index (χ4v) is 1.42. The molecule has 0 fully saturated rings. The summed E-state index contributed by atoms with van der Waals surface area (Å²) in [5.41, 5.74) is 1.29. The molecule has 0 aromatic heterocycles. The van der Waals surface area contributed by atoms with Crippen LogP contribution in [0.4, 0.5) is 0 Å². The lowest BCUT2D eigenvalue weighted by molar-refractivity contribution is -0.152.